The largest absolute Gasteiger partial charge is 0.311 e. The first-order chi connectivity index (χ1) is 15.4. The van der Waals surface area contributed by atoms with E-state index in [1.807, 2.05) is 6.07 Å². The van der Waals surface area contributed by atoms with E-state index in [1.165, 1.54) is 17.2 Å². The van der Waals surface area contributed by atoms with Crippen LogP contribution >= 0.6 is 0 Å². The van der Waals surface area contributed by atoms with Gasteiger partial charge < -0.3 is 4.90 Å². The van der Waals surface area contributed by atoms with E-state index in [-0.39, 0.29) is 5.91 Å². The van der Waals surface area contributed by atoms with Gasteiger partial charge in [0.2, 0.25) is 0 Å². The molecule has 32 heavy (non-hydrogen) atoms. The van der Waals surface area contributed by atoms with E-state index in [4.69, 9.17) is 6.57 Å². The van der Waals surface area contributed by atoms with E-state index >= 15 is 0 Å². The summed E-state index contributed by atoms with van der Waals surface area (Å²) in [6.07, 6.45) is 5.37. The summed E-state index contributed by atoms with van der Waals surface area (Å²) in [6.45, 7) is 8.09. The highest BCUT2D eigenvalue weighted by Crippen LogP contribution is 2.30. The van der Waals surface area contributed by atoms with Crippen molar-refractivity contribution in [3.63, 3.8) is 0 Å². The van der Waals surface area contributed by atoms with Gasteiger partial charge in [0.15, 0.2) is 17.3 Å². The highest BCUT2D eigenvalue weighted by Gasteiger charge is 2.29. The number of aromatic nitrogens is 1. The predicted molar refractivity (Wildman–Crippen MR) is 118 cm³/mol. The molecule has 7 heteroatoms. The lowest BCUT2D eigenvalue weighted by Crippen LogP contribution is -2.27. The highest BCUT2D eigenvalue weighted by molar-refractivity contribution is 6.05. The van der Waals surface area contributed by atoms with Crippen molar-refractivity contribution in [1.29, 1.82) is 0 Å². The van der Waals surface area contributed by atoms with Crippen LogP contribution in [0.1, 0.15) is 34.3 Å². The van der Waals surface area contributed by atoms with Crippen LogP contribution < -0.4 is 4.90 Å². The van der Waals surface area contributed by atoms with Crippen molar-refractivity contribution in [3.05, 3.63) is 101 Å². The average Bonchev–Trinajstić information content (AvgIpc) is 3.66. The quantitative estimate of drug-likeness (QED) is 0.473. The van der Waals surface area contributed by atoms with Crippen molar-refractivity contribution in [2.24, 2.45) is 0 Å². The topological polar surface area (TPSA) is 40.8 Å². The molecule has 0 radical (unpaired) electrons. The molecule has 0 aliphatic heterocycles. The summed E-state index contributed by atoms with van der Waals surface area (Å²) in [7, 11) is 1.68. The summed E-state index contributed by atoms with van der Waals surface area (Å²) >= 11 is 0. The van der Waals surface area contributed by atoms with Crippen molar-refractivity contribution in [2.45, 2.75) is 32.0 Å². The first kappa shape index (κ1) is 21.6. The van der Waals surface area contributed by atoms with E-state index < -0.39 is 11.6 Å². The van der Waals surface area contributed by atoms with Crippen LogP contribution in [0.15, 0.2) is 60.9 Å². The fourth-order valence-electron chi connectivity index (χ4n) is 3.61. The van der Waals surface area contributed by atoms with Gasteiger partial charge in [-0.25, -0.2) is 13.6 Å². The molecule has 5 nitrogen and oxygen atoms in total. The smallest absolute Gasteiger partial charge is 0.259 e. The first-order valence-electron chi connectivity index (χ1n) is 10.3. The normalized spacial score (nSPS) is 13.1. The summed E-state index contributed by atoms with van der Waals surface area (Å²) in [5, 5.41) is 0. The fourth-order valence-corrected chi connectivity index (χ4v) is 3.61. The molecule has 0 saturated heterocycles. The maximum absolute atomic E-state index is 13.6. The minimum Gasteiger partial charge on any atom is -0.311 e. The van der Waals surface area contributed by atoms with Crippen molar-refractivity contribution < 1.29 is 13.6 Å². The third-order valence-electron chi connectivity index (χ3n) is 5.53. The van der Waals surface area contributed by atoms with Gasteiger partial charge in [0.1, 0.15) is 0 Å². The molecule has 0 spiro atoms. The van der Waals surface area contributed by atoms with Crippen molar-refractivity contribution in [3.8, 4) is 0 Å². The number of pyridine rings is 1. The van der Waals surface area contributed by atoms with Gasteiger partial charge in [0.25, 0.3) is 5.91 Å². The molecule has 0 unspecified atom stereocenters. The molecule has 1 aliphatic rings. The molecule has 1 amide bonds. The van der Waals surface area contributed by atoms with Gasteiger partial charge in [0, 0.05) is 44.3 Å². The van der Waals surface area contributed by atoms with Gasteiger partial charge in [-0.3, -0.25) is 14.7 Å². The lowest BCUT2D eigenvalue weighted by molar-refractivity contribution is 0.0992. The number of hydrogen-bond donors (Lipinski definition) is 0. The number of carbonyl (C=O) groups excluding carboxylic acids is 1. The second kappa shape index (κ2) is 9.25. The third-order valence-corrected chi connectivity index (χ3v) is 5.53. The molecule has 2 aromatic carbocycles. The Hall–Kier alpha value is -3.63. The van der Waals surface area contributed by atoms with Crippen LogP contribution in [0, 0.1) is 18.2 Å². The van der Waals surface area contributed by atoms with Gasteiger partial charge in [-0.15, -0.1) is 0 Å². The molecule has 0 N–H and O–H groups in total. The minimum atomic E-state index is -0.852. The van der Waals surface area contributed by atoms with Crippen molar-refractivity contribution >= 4 is 17.3 Å². The number of halogens is 2. The third kappa shape index (κ3) is 4.98. The summed E-state index contributed by atoms with van der Waals surface area (Å²) in [4.78, 5) is 24.3. The summed E-state index contributed by atoms with van der Waals surface area (Å²) in [5.74, 6) is -1.90. The lowest BCUT2D eigenvalue weighted by Gasteiger charge is -2.23. The first-order valence-corrected chi connectivity index (χ1v) is 10.3. The molecule has 1 fully saturated rings. The van der Waals surface area contributed by atoms with Crippen molar-refractivity contribution in [2.75, 3.05) is 11.9 Å². The van der Waals surface area contributed by atoms with Crippen LogP contribution in [0.5, 0.6) is 0 Å². The minimum absolute atomic E-state index is 0.200. The highest BCUT2D eigenvalue weighted by atomic mass is 19.2. The van der Waals surface area contributed by atoms with E-state index in [2.05, 4.69) is 14.7 Å². The maximum Gasteiger partial charge on any atom is 0.259 e. The Kier molecular flexibility index (Phi) is 6.24. The number of rotatable bonds is 7. The van der Waals surface area contributed by atoms with Gasteiger partial charge in [-0.2, -0.15) is 0 Å². The van der Waals surface area contributed by atoms with E-state index in [0.29, 0.717) is 41.6 Å². The molecule has 162 valence electrons. The zero-order chi connectivity index (χ0) is 22.7. The molecule has 0 bridgehead atoms. The Morgan fingerprint density at radius 3 is 2.41 bits per heavy atom. The monoisotopic (exact) mass is 432 g/mol. The summed E-state index contributed by atoms with van der Waals surface area (Å²) in [5.41, 5.74) is 3.24. The molecular weight excluding hydrogens is 410 g/mol. The second-order valence-corrected chi connectivity index (χ2v) is 7.96. The van der Waals surface area contributed by atoms with Crippen LogP contribution in [-0.4, -0.2) is 28.9 Å². The Balaban J connectivity index is 1.49. The number of hydrogen-bond acceptors (Lipinski definition) is 3. The standard InChI is InChI=1S/C25H22F2N4O/c1-28-20-4-6-21(7-5-20)30(2)25(32)19-11-18(13-29-14-19)16-31(22-8-9-22)15-17-3-10-23(26)24(27)12-17/h3-7,10-14,22H,8-9,15-16H2,2H3. The number of carbonyl (C=O) groups is 1. The number of amides is 1. The Bertz CT molecular complexity index is 1170. The van der Waals surface area contributed by atoms with Gasteiger partial charge >= 0.3 is 0 Å². The second-order valence-electron chi connectivity index (χ2n) is 7.96. The summed E-state index contributed by atoms with van der Waals surface area (Å²) in [6, 6.07) is 13.0. The molecule has 1 aliphatic carbocycles. The van der Waals surface area contributed by atoms with Gasteiger partial charge in [-0.05, 0) is 54.3 Å². The van der Waals surface area contributed by atoms with E-state index in [9.17, 15) is 13.6 Å². The average molecular weight is 432 g/mol. The van der Waals surface area contributed by atoms with E-state index in [1.54, 1.807) is 43.6 Å². The Morgan fingerprint density at radius 2 is 1.75 bits per heavy atom. The molecule has 3 aromatic rings. The molecule has 1 heterocycles. The van der Waals surface area contributed by atoms with Crippen LogP contribution in [0.25, 0.3) is 4.85 Å². The van der Waals surface area contributed by atoms with Gasteiger partial charge in [0.05, 0.1) is 12.1 Å². The summed E-state index contributed by atoms with van der Waals surface area (Å²) < 4.78 is 26.9. The number of nitrogens with zero attached hydrogens (tertiary/aromatic N) is 4. The SMILES string of the molecule is [C-]#[N+]c1ccc(N(C)C(=O)c2cncc(CN(Cc3ccc(F)c(F)c3)C3CC3)c2)cc1. The molecule has 4 rings (SSSR count). The van der Waals surface area contributed by atoms with Crippen LogP contribution in [0.2, 0.25) is 0 Å². The van der Waals surface area contributed by atoms with E-state index in [0.717, 1.165) is 24.5 Å². The molecule has 1 aromatic heterocycles. The van der Waals surface area contributed by atoms with Gasteiger partial charge in [-0.1, -0.05) is 18.2 Å². The Morgan fingerprint density at radius 1 is 1.03 bits per heavy atom. The molecule has 0 atom stereocenters. The predicted octanol–water partition coefficient (Wildman–Crippen LogP) is 5.35. The molecule has 1 saturated carbocycles. The van der Waals surface area contributed by atoms with Crippen molar-refractivity contribution in [1.82, 2.24) is 9.88 Å². The lowest BCUT2D eigenvalue weighted by atomic mass is 10.1. The fraction of sp³-hybridized carbons (Fsp3) is 0.240. The zero-order valence-corrected chi connectivity index (χ0v) is 17.6. The maximum atomic E-state index is 13.6. The van der Waals surface area contributed by atoms with Crippen LogP contribution in [-0.2, 0) is 13.1 Å². The van der Waals surface area contributed by atoms with Crippen LogP contribution in [0.4, 0.5) is 20.2 Å². The molecular formula is C25H22F2N4O. The number of benzene rings is 2. The number of anilines is 1. The van der Waals surface area contributed by atoms with Crippen LogP contribution in [0.3, 0.4) is 0 Å². The zero-order valence-electron chi connectivity index (χ0n) is 17.6. The Labute approximate surface area is 185 Å².